The highest BCUT2D eigenvalue weighted by atomic mass is 16.7. The van der Waals surface area contributed by atoms with Crippen LogP contribution in [-0.4, -0.2) is 32.3 Å². The van der Waals surface area contributed by atoms with Crippen LogP contribution < -0.4 is 19.3 Å². The summed E-state index contributed by atoms with van der Waals surface area (Å²) in [4.78, 5) is 18.1. The summed E-state index contributed by atoms with van der Waals surface area (Å²) < 4.78 is 12.1. The van der Waals surface area contributed by atoms with E-state index >= 15 is 0 Å². The van der Waals surface area contributed by atoms with Gasteiger partial charge in [0.25, 0.3) is 0 Å². The Morgan fingerprint density at radius 1 is 0.607 bits per heavy atom. The quantitative estimate of drug-likeness (QED) is 0.118. The van der Waals surface area contributed by atoms with Crippen LogP contribution in [0.15, 0.2) is 94.1 Å². The number of nitrogens with zero attached hydrogens (tertiary/aromatic N) is 6. The van der Waals surface area contributed by atoms with E-state index < -0.39 is 6.16 Å². The first-order valence-corrected chi connectivity index (χ1v) is 19.2. The predicted octanol–water partition coefficient (Wildman–Crippen LogP) is 11.2. The van der Waals surface area contributed by atoms with Gasteiger partial charge in [0, 0.05) is 60.8 Å². The van der Waals surface area contributed by atoms with Crippen molar-refractivity contribution in [3.63, 3.8) is 0 Å². The second kappa shape index (κ2) is 18.8. The lowest BCUT2D eigenvalue weighted by atomic mass is 9.74. The average molecular weight is 749 g/mol. The Morgan fingerprint density at radius 2 is 0.964 bits per heavy atom. The van der Waals surface area contributed by atoms with E-state index in [2.05, 4.69) is 65.2 Å². The Morgan fingerprint density at radius 3 is 1.29 bits per heavy atom. The number of ether oxygens (including phenoxy) is 2. The molecule has 0 amide bonds. The maximum Gasteiger partial charge on any atom is 0.519 e. The fourth-order valence-electron chi connectivity index (χ4n) is 7.45. The van der Waals surface area contributed by atoms with Gasteiger partial charge in [-0.15, -0.1) is 0 Å². The van der Waals surface area contributed by atoms with E-state index in [9.17, 15) is 25.8 Å². The standard InChI is InChI=1S/C47H52N6O3/c1-9-52(10-2)41-19-17-35(15-13-33-21-37(39(29-48)30-49)27-46(5,6)25-33)43(23-41)55-45(54)56-44-24-42(53(11-3)12-4)20-18-36(44)16-14-34-22-38(40(31-50)32-51)28-47(7,8)26-34/h13-24H,9-12,25-28H2,1-8H3. The molecule has 0 radical (unpaired) electrons. The third-order valence-electron chi connectivity index (χ3n) is 10.1. The molecule has 0 bridgehead atoms. The Bertz CT molecular complexity index is 1990. The molecule has 0 N–H and O–H groups in total. The van der Waals surface area contributed by atoms with Crippen molar-refractivity contribution in [1.82, 2.24) is 0 Å². The van der Waals surface area contributed by atoms with Gasteiger partial charge in [-0.1, -0.05) is 64.2 Å². The van der Waals surface area contributed by atoms with Crippen molar-refractivity contribution >= 4 is 29.7 Å². The number of hydrogen-bond donors (Lipinski definition) is 0. The number of carbonyl (C=O) groups excluding carboxylic acids is 1. The summed E-state index contributed by atoms with van der Waals surface area (Å²) in [5, 5.41) is 38.2. The van der Waals surface area contributed by atoms with E-state index in [-0.39, 0.29) is 22.0 Å². The minimum Gasteiger partial charge on any atom is -0.394 e. The van der Waals surface area contributed by atoms with Crippen LogP contribution in [0.3, 0.4) is 0 Å². The van der Waals surface area contributed by atoms with Gasteiger partial charge in [-0.25, -0.2) is 4.79 Å². The number of nitriles is 4. The molecule has 9 heteroatoms. The molecule has 0 aliphatic heterocycles. The maximum atomic E-state index is 13.8. The molecule has 0 heterocycles. The molecule has 288 valence electrons. The number of hydrogen-bond acceptors (Lipinski definition) is 9. The summed E-state index contributed by atoms with van der Waals surface area (Å²) in [7, 11) is 0. The number of allylic oxidation sites excluding steroid dienone is 10. The predicted molar refractivity (Wildman–Crippen MR) is 223 cm³/mol. The van der Waals surface area contributed by atoms with E-state index in [0.29, 0.717) is 46.6 Å². The fourth-order valence-corrected chi connectivity index (χ4v) is 7.45. The maximum absolute atomic E-state index is 13.8. The Kier molecular flexibility index (Phi) is 14.3. The molecule has 0 unspecified atom stereocenters. The van der Waals surface area contributed by atoms with Gasteiger partial charge in [0.15, 0.2) is 0 Å². The molecule has 2 aliphatic rings. The molecular weight excluding hydrogens is 697 g/mol. The third-order valence-corrected chi connectivity index (χ3v) is 10.1. The molecule has 0 fully saturated rings. The van der Waals surface area contributed by atoms with Crippen LogP contribution in [0.2, 0.25) is 0 Å². The summed E-state index contributed by atoms with van der Waals surface area (Å²) in [6, 6.07) is 19.6. The molecule has 2 aromatic rings. The Balaban J connectivity index is 1.73. The number of rotatable bonds is 12. The summed E-state index contributed by atoms with van der Waals surface area (Å²) in [5.41, 5.74) is 6.40. The van der Waals surface area contributed by atoms with E-state index in [4.69, 9.17) is 9.47 Å². The first kappa shape index (κ1) is 42.5. The second-order valence-corrected chi connectivity index (χ2v) is 15.6. The molecule has 0 atom stereocenters. The minimum atomic E-state index is -0.894. The first-order valence-electron chi connectivity index (χ1n) is 19.2. The lowest BCUT2D eigenvalue weighted by molar-refractivity contribution is 0.151. The zero-order chi connectivity index (χ0) is 41.0. The number of anilines is 2. The highest BCUT2D eigenvalue weighted by molar-refractivity contribution is 5.75. The Labute approximate surface area is 333 Å². The zero-order valence-electron chi connectivity index (χ0n) is 34.0. The normalized spacial score (nSPS) is 15.8. The fraction of sp³-hybridized carbons (Fsp3) is 0.383. The van der Waals surface area contributed by atoms with Gasteiger partial charge in [0.05, 0.1) is 0 Å². The van der Waals surface area contributed by atoms with Crippen LogP contribution >= 0.6 is 0 Å². The van der Waals surface area contributed by atoms with Crippen LogP contribution in [0.1, 0.15) is 92.2 Å². The van der Waals surface area contributed by atoms with Gasteiger partial charge in [0.1, 0.15) is 46.9 Å². The van der Waals surface area contributed by atoms with Gasteiger partial charge in [-0.3, -0.25) is 0 Å². The van der Waals surface area contributed by atoms with Crippen molar-refractivity contribution in [2.75, 3.05) is 36.0 Å². The van der Waals surface area contributed by atoms with Crippen molar-refractivity contribution in [3.8, 4) is 35.8 Å². The minimum absolute atomic E-state index is 0.117. The van der Waals surface area contributed by atoms with E-state index in [1.54, 1.807) is 0 Å². The van der Waals surface area contributed by atoms with Crippen molar-refractivity contribution in [2.24, 2.45) is 10.8 Å². The molecular formula is C47H52N6O3. The van der Waals surface area contributed by atoms with Gasteiger partial charge < -0.3 is 19.3 Å². The number of benzene rings is 2. The van der Waals surface area contributed by atoms with Crippen LogP contribution in [0.5, 0.6) is 11.5 Å². The number of carbonyl (C=O) groups is 1. The summed E-state index contributed by atoms with van der Waals surface area (Å²) in [6.45, 7) is 19.8. The molecule has 56 heavy (non-hydrogen) atoms. The van der Waals surface area contributed by atoms with Crippen LogP contribution in [-0.2, 0) is 0 Å². The molecule has 9 nitrogen and oxygen atoms in total. The highest BCUT2D eigenvalue weighted by Crippen LogP contribution is 2.41. The summed E-state index contributed by atoms with van der Waals surface area (Å²) >= 11 is 0. The van der Waals surface area contributed by atoms with Gasteiger partial charge in [-0.05, 0) is 111 Å². The summed E-state index contributed by atoms with van der Waals surface area (Å²) in [5.74, 6) is 0.655. The van der Waals surface area contributed by atoms with Crippen molar-refractivity contribution in [1.29, 1.82) is 21.0 Å². The van der Waals surface area contributed by atoms with Crippen molar-refractivity contribution in [3.05, 3.63) is 105 Å². The molecule has 0 saturated heterocycles. The molecule has 0 aromatic heterocycles. The van der Waals surface area contributed by atoms with Crippen LogP contribution in [0, 0.1) is 56.2 Å². The molecule has 2 aliphatic carbocycles. The third kappa shape index (κ3) is 10.9. The van der Waals surface area contributed by atoms with Gasteiger partial charge in [-0.2, -0.15) is 21.0 Å². The van der Waals surface area contributed by atoms with E-state index in [1.807, 2.05) is 97.1 Å². The lowest BCUT2D eigenvalue weighted by Gasteiger charge is -2.30. The molecule has 2 aromatic carbocycles. The first-order chi connectivity index (χ1) is 26.7. The Hall–Kier alpha value is -6.29. The van der Waals surface area contributed by atoms with Crippen LogP contribution in [0.25, 0.3) is 12.2 Å². The smallest absolute Gasteiger partial charge is 0.394 e. The molecule has 4 rings (SSSR count). The van der Waals surface area contributed by atoms with Crippen molar-refractivity contribution < 1.29 is 14.3 Å². The lowest BCUT2D eigenvalue weighted by Crippen LogP contribution is -2.22. The SMILES string of the molecule is CCN(CC)c1ccc(C=CC2=CC(=C(C#N)C#N)CC(C)(C)C2)c(OC(=O)Oc2cc(N(CC)CC)ccc2C=CC2=CC(=C(C#N)C#N)CC(C)(C)C2)c1. The second-order valence-electron chi connectivity index (χ2n) is 15.6. The highest BCUT2D eigenvalue weighted by Gasteiger charge is 2.28. The van der Waals surface area contributed by atoms with Gasteiger partial charge in [0.2, 0.25) is 0 Å². The van der Waals surface area contributed by atoms with E-state index in [1.165, 1.54) is 0 Å². The average Bonchev–Trinajstić information content (AvgIpc) is 3.15. The van der Waals surface area contributed by atoms with Crippen molar-refractivity contribution in [2.45, 2.75) is 81.1 Å². The van der Waals surface area contributed by atoms with Gasteiger partial charge >= 0.3 is 6.16 Å². The zero-order valence-corrected chi connectivity index (χ0v) is 34.0. The van der Waals surface area contributed by atoms with E-state index in [0.717, 1.165) is 61.5 Å². The molecule has 0 spiro atoms. The molecule has 0 saturated carbocycles. The largest absolute Gasteiger partial charge is 0.519 e. The summed E-state index contributed by atoms with van der Waals surface area (Å²) in [6.07, 6.45) is 13.4. The van der Waals surface area contributed by atoms with Crippen LogP contribution in [0.4, 0.5) is 16.2 Å². The monoisotopic (exact) mass is 748 g/mol. The topological polar surface area (TPSA) is 137 Å².